The number of carbonyl (C=O) groups excluding carboxylic acids is 1. The predicted octanol–water partition coefficient (Wildman–Crippen LogP) is 3.05. The van der Waals surface area contributed by atoms with Crippen molar-refractivity contribution in [2.45, 2.75) is 54.0 Å². The van der Waals surface area contributed by atoms with Gasteiger partial charge in [-0.2, -0.15) is 26.3 Å². The lowest BCUT2D eigenvalue weighted by Crippen LogP contribution is -2.31. The maximum Gasteiger partial charge on any atom is 0.416 e. The highest BCUT2D eigenvalue weighted by atomic mass is 32.2. The minimum absolute atomic E-state index is 0.0491. The largest absolute Gasteiger partial charge is 0.416 e. The van der Waals surface area contributed by atoms with Crippen LogP contribution in [0.2, 0.25) is 0 Å². The smallest absolute Gasteiger partial charge is 0.390 e. The molecule has 10 nitrogen and oxygen atoms in total. The van der Waals surface area contributed by atoms with Crippen LogP contribution < -0.4 is 10.0 Å². The lowest BCUT2D eigenvalue weighted by atomic mass is 10.1. The van der Waals surface area contributed by atoms with Gasteiger partial charge in [-0.15, -0.1) is 11.3 Å². The van der Waals surface area contributed by atoms with Crippen molar-refractivity contribution in [2.75, 3.05) is 12.4 Å². The molecule has 0 saturated heterocycles. The number of thiophene rings is 1. The van der Waals surface area contributed by atoms with E-state index >= 15 is 0 Å². The Morgan fingerprint density at radius 2 is 2.00 bits per heavy atom. The summed E-state index contributed by atoms with van der Waals surface area (Å²) in [5, 5.41) is 13.3. The molecule has 210 valence electrons. The molecular weight excluding hydrogens is 581 g/mol. The lowest BCUT2D eigenvalue weighted by molar-refractivity contribution is -0.137. The minimum Gasteiger partial charge on any atom is -0.390 e. The van der Waals surface area contributed by atoms with Gasteiger partial charge in [0.15, 0.2) is 0 Å². The number of aliphatic hydroxyl groups is 1. The highest BCUT2D eigenvalue weighted by molar-refractivity contribution is 7.85. The van der Waals surface area contributed by atoms with Crippen molar-refractivity contribution in [3.63, 3.8) is 0 Å². The van der Waals surface area contributed by atoms with Crippen LogP contribution in [0.1, 0.15) is 38.5 Å². The Labute approximate surface area is 228 Å². The van der Waals surface area contributed by atoms with Gasteiger partial charge in [0.1, 0.15) is 18.2 Å². The Balaban J connectivity index is 1.54. The number of carbonyl (C=O) groups is 1. The number of rotatable bonds is 9. The van der Waals surface area contributed by atoms with Crippen LogP contribution in [0.3, 0.4) is 0 Å². The van der Waals surface area contributed by atoms with E-state index in [2.05, 4.69) is 15.3 Å². The zero-order valence-corrected chi connectivity index (χ0v) is 22.9. The van der Waals surface area contributed by atoms with E-state index in [-0.39, 0.29) is 38.9 Å². The van der Waals surface area contributed by atoms with Crippen LogP contribution >= 0.6 is 11.3 Å². The van der Waals surface area contributed by atoms with Crippen LogP contribution in [-0.4, -0.2) is 58.8 Å². The van der Waals surface area contributed by atoms with E-state index < -0.39 is 56.9 Å². The average Bonchev–Trinajstić information content (AvgIpc) is 3.44. The van der Waals surface area contributed by atoms with Crippen LogP contribution in [0.15, 0.2) is 52.6 Å². The van der Waals surface area contributed by atoms with E-state index in [1.165, 1.54) is 37.8 Å². The van der Waals surface area contributed by atoms with Gasteiger partial charge in [-0.25, -0.2) is 14.2 Å². The van der Waals surface area contributed by atoms with Gasteiger partial charge in [0.25, 0.3) is 0 Å². The third-order valence-electron chi connectivity index (χ3n) is 5.94. The van der Waals surface area contributed by atoms with Crippen LogP contribution in [0.25, 0.3) is 0 Å². The van der Waals surface area contributed by atoms with E-state index in [1.54, 1.807) is 6.92 Å². The SMILES string of the molecule is CNS(=O)(=O)O[C@@H]1C[C@H](Nc2ncncc2C(=O)c2cc([S@](=O)c3cccc(C(F)(F)F)c3)c(C)s2)C[C@@H]1O. The molecule has 2 aromatic heterocycles. The molecule has 4 atom stereocenters. The second kappa shape index (κ2) is 11.4. The van der Waals surface area contributed by atoms with Crippen molar-refractivity contribution in [1.29, 1.82) is 0 Å². The average molecular weight is 605 g/mol. The van der Waals surface area contributed by atoms with Gasteiger partial charge < -0.3 is 10.4 Å². The van der Waals surface area contributed by atoms with Gasteiger partial charge >= 0.3 is 16.5 Å². The molecule has 1 saturated carbocycles. The maximum absolute atomic E-state index is 13.4. The standard InChI is InChI=1S/C23H23F3N4O6S3/c1-12-20(38(33)15-5-3-4-13(6-15)23(24,25)26)9-19(37-12)21(32)16-10-28-11-29-22(16)30-14-7-17(31)18(8-14)36-39(34,35)27-2/h3-6,9-11,14,17-18,27,31H,7-8H2,1-2H3,(H,28,29,30)/t14-,17+,18-,38-/m1/s1. The van der Waals surface area contributed by atoms with Gasteiger partial charge in [0.05, 0.1) is 37.8 Å². The van der Waals surface area contributed by atoms with Crippen LogP contribution in [0.4, 0.5) is 19.0 Å². The molecule has 2 heterocycles. The number of hydrogen-bond donors (Lipinski definition) is 3. The zero-order chi connectivity index (χ0) is 28.5. The second-order valence-electron chi connectivity index (χ2n) is 8.61. The lowest BCUT2D eigenvalue weighted by Gasteiger charge is -2.15. The summed E-state index contributed by atoms with van der Waals surface area (Å²) in [5.41, 5.74) is -0.861. The Kier molecular flexibility index (Phi) is 8.53. The molecule has 1 aliphatic carbocycles. The van der Waals surface area contributed by atoms with Crippen molar-refractivity contribution >= 4 is 44.0 Å². The summed E-state index contributed by atoms with van der Waals surface area (Å²) in [4.78, 5) is 22.2. The molecule has 1 aliphatic rings. The number of benzene rings is 1. The molecule has 0 unspecified atom stereocenters. The van der Waals surface area contributed by atoms with Crippen molar-refractivity contribution in [3.05, 3.63) is 63.7 Å². The summed E-state index contributed by atoms with van der Waals surface area (Å²) < 4.78 is 82.8. The van der Waals surface area contributed by atoms with Gasteiger partial charge in [-0.3, -0.25) is 8.98 Å². The number of aromatic nitrogens is 2. The Hall–Kier alpha value is -2.76. The topological polar surface area (TPSA) is 148 Å². The van der Waals surface area contributed by atoms with Crippen molar-refractivity contribution in [3.8, 4) is 0 Å². The van der Waals surface area contributed by atoms with Crippen molar-refractivity contribution in [1.82, 2.24) is 14.7 Å². The monoisotopic (exact) mass is 604 g/mol. The summed E-state index contributed by atoms with van der Waals surface area (Å²) in [5.74, 6) is -0.376. The van der Waals surface area contributed by atoms with Crippen molar-refractivity contribution < 1.29 is 39.9 Å². The highest BCUT2D eigenvalue weighted by Gasteiger charge is 2.37. The molecule has 16 heteroatoms. The fourth-order valence-electron chi connectivity index (χ4n) is 4.02. The van der Waals surface area contributed by atoms with E-state index in [1.807, 2.05) is 4.72 Å². The number of nitrogens with zero attached hydrogens (tertiary/aromatic N) is 2. The van der Waals surface area contributed by atoms with Crippen LogP contribution in [0, 0.1) is 6.92 Å². The van der Waals surface area contributed by atoms with Gasteiger partial charge in [-0.05, 0) is 44.0 Å². The van der Waals surface area contributed by atoms with Gasteiger partial charge in [-0.1, -0.05) is 6.07 Å². The molecule has 0 bridgehead atoms. The molecule has 4 rings (SSSR count). The number of nitrogens with one attached hydrogen (secondary N) is 2. The third kappa shape index (κ3) is 6.70. The van der Waals surface area contributed by atoms with Crippen molar-refractivity contribution in [2.24, 2.45) is 0 Å². The summed E-state index contributed by atoms with van der Waals surface area (Å²) in [6, 6.07) is 5.10. The van der Waals surface area contributed by atoms with Gasteiger partial charge in [0.2, 0.25) is 5.78 Å². The third-order valence-corrected chi connectivity index (χ3v) is 9.63. The number of halogens is 3. The molecular formula is C23H23F3N4O6S3. The molecule has 0 spiro atoms. The van der Waals surface area contributed by atoms with E-state index in [4.69, 9.17) is 4.18 Å². The number of ketones is 1. The summed E-state index contributed by atoms with van der Waals surface area (Å²) >= 11 is 1.03. The number of aliphatic hydroxyl groups excluding tert-OH is 1. The first-order valence-corrected chi connectivity index (χ1v) is 14.8. The second-order valence-corrected chi connectivity index (χ2v) is 12.8. The normalized spacial score (nSPS) is 20.6. The predicted molar refractivity (Wildman–Crippen MR) is 136 cm³/mol. The number of hydrogen-bond acceptors (Lipinski definition) is 10. The highest BCUT2D eigenvalue weighted by Crippen LogP contribution is 2.34. The quantitative estimate of drug-likeness (QED) is 0.314. The molecule has 39 heavy (non-hydrogen) atoms. The fourth-order valence-corrected chi connectivity index (χ4v) is 7.12. The number of anilines is 1. The first kappa shape index (κ1) is 29.2. The van der Waals surface area contributed by atoms with E-state index in [0.717, 1.165) is 23.5 Å². The zero-order valence-electron chi connectivity index (χ0n) is 20.4. The van der Waals surface area contributed by atoms with Crippen LogP contribution in [-0.2, 0) is 31.5 Å². The Morgan fingerprint density at radius 1 is 1.26 bits per heavy atom. The first-order valence-electron chi connectivity index (χ1n) is 11.4. The molecule has 3 N–H and O–H groups in total. The van der Waals surface area contributed by atoms with E-state index in [0.29, 0.717) is 4.88 Å². The number of alkyl halides is 3. The molecule has 0 radical (unpaired) electrons. The van der Waals surface area contributed by atoms with Gasteiger partial charge in [0, 0.05) is 29.1 Å². The molecule has 3 aromatic rings. The molecule has 0 amide bonds. The summed E-state index contributed by atoms with van der Waals surface area (Å²) in [7, 11) is -4.81. The number of aryl methyl sites for hydroxylation is 1. The van der Waals surface area contributed by atoms with Crippen LogP contribution in [0.5, 0.6) is 0 Å². The molecule has 1 aromatic carbocycles. The summed E-state index contributed by atoms with van der Waals surface area (Å²) in [6.07, 6.45) is -3.96. The Morgan fingerprint density at radius 3 is 2.69 bits per heavy atom. The maximum atomic E-state index is 13.4. The summed E-state index contributed by atoms with van der Waals surface area (Å²) in [6.45, 7) is 1.61. The molecule has 1 fully saturated rings. The first-order chi connectivity index (χ1) is 18.3. The Bertz CT molecular complexity index is 1510. The minimum atomic E-state index is -4.59. The molecule has 0 aliphatic heterocycles. The fraction of sp³-hybridized carbons (Fsp3) is 0.348. The van der Waals surface area contributed by atoms with E-state index in [9.17, 15) is 35.7 Å².